The van der Waals surface area contributed by atoms with Crippen LogP contribution in [0.3, 0.4) is 0 Å². The van der Waals surface area contributed by atoms with E-state index in [2.05, 4.69) is 20.3 Å². The maximum atomic E-state index is 2.58. The molecule has 0 aromatic heterocycles. The lowest BCUT2D eigenvalue weighted by atomic mass is 10.2. The Balaban J connectivity index is 1.63. The van der Waals surface area contributed by atoms with Crippen LogP contribution in [-0.4, -0.2) is 59.5 Å². The first-order valence-electron chi connectivity index (χ1n) is 7.00. The third-order valence-electron chi connectivity index (χ3n) is 4.05. The molecular weight excluding hydrogens is 200 g/mol. The third kappa shape index (κ3) is 2.12. The summed E-state index contributed by atoms with van der Waals surface area (Å²) in [5.41, 5.74) is 0. The van der Waals surface area contributed by atoms with Gasteiger partial charge in [0.15, 0.2) is 0 Å². The van der Waals surface area contributed by atoms with Gasteiger partial charge in [0.2, 0.25) is 0 Å². The maximum Gasteiger partial charge on any atom is 0.0320 e. The highest BCUT2D eigenvalue weighted by Crippen LogP contribution is 2.22. The molecule has 3 aliphatic rings. The molecule has 3 fully saturated rings. The number of hydrogen-bond acceptors (Lipinski definition) is 4. The molecule has 0 amide bonds. The van der Waals surface area contributed by atoms with Crippen LogP contribution in [0.4, 0.5) is 0 Å². The molecule has 16 heavy (non-hydrogen) atoms. The number of nitrogens with zero attached hydrogens (tertiary/aromatic N) is 4. The Hall–Kier alpha value is -0.160. The first-order chi connectivity index (χ1) is 7.95. The van der Waals surface area contributed by atoms with E-state index in [1.165, 1.54) is 77.8 Å². The largest absolute Gasteiger partial charge is 0.227 e. The van der Waals surface area contributed by atoms with Crippen LogP contribution in [0.1, 0.15) is 38.5 Å². The molecule has 3 aliphatic heterocycles. The van der Waals surface area contributed by atoms with Crippen molar-refractivity contribution < 1.29 is 0 Å². The van der Waals surface area contributed by atoms with Crippen molar-refractivity contribution in [1.82, 2.24) is 20.3 Å². The fraction of sp³-hybridized carbons (Fsp3) is 1.00. The number of hydrazine groups is 3. The summed E-state index contributed by atoms with van der Waals surface area (Å²) in [5, 5.41) is 10.2. The molecule has 3 saturated heterocycles. The van der Waals surface area contributed by atoms with E-state index in [0.29, 0.717) is 0 Å². The Morgan fingerprint density at radius 2 is 0.812 bits per heavy atom. The normalized spacial score (nSPS) is 31.5. The van der Waals surface area contributed by atoms with Crippen molar-refractivity contribution in [2.75, 3.05) is 39.3 Å². The van der Waals surface area contributed by atoms with Gasteiger partial charge in [-0.05, 0) is 32.1 Å². The second kappa shape index (κ2) is 5.00. The van der Waals surface area contributed by atoms with Crippen LogP contribution in [0, 0.1) is 0 Å². The minimum atomic E-state index is 1.23. The molecule has 0 spiro atoms. The van der Waals surface area contributed by atoms with Crippen molar-refractivity contribution in [2.45, 2.75) is 38.5 Å². The van der Waals surface area contributed by atoms with E-state index >= 15 is 0 Å². The van der Waals surface area contributed by atoms with Gasteiger partial charge in [-0.2, -0.15) is 10.2 Å². The van der Waals surface area contributed by atoms with E-state index in [1.807, 2.05) is 0 Å². The summed E-state index contributed by atoms with van der Waals surface area (Å²) in [6, 6.07) is 0. The lowest BCUT2D eigenvalue weighted by molar-refractivity contribution is -0.248. The van der Waals surface area contributed by atoms with Gasteiger partial charge in [0, 0.05) is 39.3 Å². The van der Waals surface area contributed by atoms with E-state index in [1.54, 1.807) is 0 Å². The Kier molecular flexibility index (Phi) is 3.43. The number of hydrogen-bond donors (Lipinski definition) is 0. The zero-order valence-electron chi connectivity index (χ0n) is 10.3. The Morgan fingerprint density at radius 1 is 0.375 bits per heavy atom. The molecule has 0 atom stereocenters. The Bertz CT molecular complexity index is 221. The molecule has 0 aromatic rings. The maximum absolute atomic E-state index is 2.58. The van der Waals surface area contributed by atoms with Crippen LogP contribution in [0.25, 0.3) is 0 Å². The molecule has 0 aromatic carbocycles. The van der Waals surface area contributed by atoms with Gasteiger partial charge in [0.25, 0.3) is 0 Å². The van der Waals surface area contributed by atoms with Gasteiger partial charge in [0.05, 0.1) is 0 Å². The average molecular weight is 224 g/mol. The molecular formula is C12H24N4. The molecule has 4 heteroatoms. The van der Waals surface area contributed by atoms with Gasteiger partial charge >= 0.3 is 0 Å². The average Bonchev–Trinajstić information content (AvgIpc) is 3.01. The molecule has 0 unspecified atom stereocenters. The topological polar surface area (TPSA) is 13.0 Å². The van der Waals surface area contributed by atoms with Crippen molar-refractivity contribution in [3.05, 3.63) is 0 Å². The van der Waals surface area contributed by atoms with Crippen molar-refractivity contribution in [3.63, 3.8) is 0 Å². The predicted octanol–water partition coefficient (Wildman–Crippen LogP) is 1.32. The van der Waals surface area contributed by atoms with Crippen LogP contribution in [-0.2, 0) is 0 Å². The second-order valence-corrected chi connectivity index (χ2v) is 5.22. The molecule has 0 aliphatic carbocycles. The third-order valence-corrected chi connectivity index (χ3v) is 4.05. The van der Waals surface area contributed by atoms with Crippen LogP contribution in [0.5, 0.6) is 0 Å². The molecule has 0 saturated carbocycles. The lowest BCUT2D eigenvalue weighted by Crippen LogP contribution is -2.56. The molecule has 0 N–H and O–H groups in total. The van der Waals surface area contributed by atoms with Crippen LogP contribution >= 0.6 is 0 Å². The Labute approximate surface area is 98.7 Å². The monoisotopic (exact) mass is 224 g/mol. The van der Waals surface area contributed by atoms with E-state index in [0.717, 1.165) is 0 Å². The van der Waals surface area contributed by atoms with Crippen LogP contribution in [0.2, 0.25) is 0 Å². The fourth-order valence-corrected chi connectivity index (χ4v) is 3.20. The molecule has 3 rings (SSSR count). The molecule has 4 nitrogen and oxygen atoms in total. The quantitative estimate of drug-likeness (QED) is 0.701. The smallest absolute Gasteiger partial charge is 0.0320 e. The summed E-state index contributed by atoms with van der Waals surface area (Å²) in [6.45, 7) is 7.54. The zero-order valence-corrected chi connectivity index (χ0v) is 10.3. The second-order valence-electron chi connectivity index (χ2n) is 5.22. The Morgan fingerprint density at radius 3 is 1.31 bits per heavy atom. The van der Waals surface area contributed by atoms with E-state index in [9.17, 15) is 0 Å². The van der Waals surface area contributed by atoms with Gasteiger partial charge in [0.1, 0.15) is 0 Å². The summed E-state index contributed by atoms with van der Waals surface area (Å²) < 4.78 is 0. The first-order valence-corrected chi connectivity index (χ1v) is 7.00. The summed E-state index contributed by atoms with van der Waals surface area (Å²) in [7, 11) is 0. The highest BCUT2D eigenvalue weighted by molar-refractivity contribution is 4.71. The first kappa shape index (κ1) is 11.0. The minimum absolute atomic E-state index is 1.23. The van der Waals surface area contributed by atoms with Crippen molar-refractivity contribution >= 4 is 0 Å². The molecule has 92 valence electrons. The molecule has 3 heterocycles. The van der Waals surface area contributed by atoms with Gasteiger partial charge in [-0.3, -0.25) is 0 Å². The van der Waals surface area contributed by atoms with E-state index in [-0.39, 0.29) is 0 Å². The van der Waals surface area contributed by atoms with Gasteiger partial charge in [-0.1, -0.05) is 6.42 Å². The SMILES string of the molecule is C1CCN(N2CCCN2N2CCCC2)CC1. The summed E-state index contributed by atoms with van der Waals surface area (Å²) in [5.74, 6) is 0. The number of rotatable bonds is 2. The standard InChI is InChI=1S/C12H24N4/c1-2-7-13(8-3-1)15-11-6-12-16(15)14-9-4-5-10-14/h1-12H2. The zero-order chi connectivity index (χ0) is 10.8. The van der Waals surface area contributed by atoms with Crippen molar-refractivity contribution in [1.29, 1.82) is 0 Å². The predicted molar refractivity (Wildman–Crippen MR) is 64.3 cm³/mol. The van der Waals surface area contributed by atoms with Gasteiger partial charge in [-0.25, -0.2) is 10.0 Å². The fourth-order valence-electron chi connectivity index (χ4n) is 3.20. The van der Waals surface area contributed by atoms with Crippen molar-refractivity contribution in [3.8, 4) is 0 Å². The van der Waals surface area contributed by atoms with E-state index < -0.39 is 0 Å². The molecule has 0 radical (unpaired) electrons. The van der Waals surface area contributed by atoms with E-state index in [4.69, 9.17) is 0 Å². The van der Waals surface area contributed by atoms with Gasteiger partial charge < -0.3 is 0 Å². The van der Waals surface area contributed by atoms with Crippen LogP contribution < -0.4 is 0 Å². The lowest BCUT2D eigenvalue weighted by Gasteiger charge is -2.42. The van der Waals surface area contributed by atoms with Gasteiger partial charge in [-0.15, -0.1) is 0 Å². The van der Waals surface area contributed by atoms with Crippen molar-refractivity contribution in [2.24, 2.45) is 0 Å². The highest BCUT2D eigenvalue weighted by Gasteiger charge is 2.33. The summed E-state index contributed by atoms with van der Waals surface area (Å²) >= 11 is 0. The van der Waals surface area contributed by atoms with Crippen LogP contribution in [0.15, 0.2) is 0 Å². The minimum Gasteiger partial charge on any atom is -0.227 e. The summed E-state index contributed by atoms with van der Waals surface area (Å²) in [4.78, 5) is 0. The molecule has 0 bridgehead atoms. The number of piperidine rings is 1. The highest BCUT2D eigenvalue weighted by atomic mass is 16.0. The summed E-state index contributed by atoms with van der Waals surface area (Å²) in [6.07, 6.45) is 8.27.